The molecule has 0 aliphatic carbocycles. The molecule has 0 fully saturated rings. The van der Waals surface area contributed by atoms with Crippen LogP contribution in [0.5, 0.6) is 0 Å². The van der Waals surface area contributed by atoms with Crippen molar-refractivity contribution in [2.45, 2.75) is 6.92 Å². The van der Waals surface area contributed by atoms with Crippen molar-refractivity contribution in [3.63, 3.8) is 0 Å². The third-order valence-corrected chi connectivity index (χ3v) is 4.61. The van der Waals surface area contributed by atoms with Gasteiger partial charge in [0.25, 0.3) is 11.8 Å². The topological polar surface area (TPSA) is 58.2 Å². The molecule has 0 aliphatic heterocycles. The Morgan fingerprint density at radius 3 is 2.12 bits per heavy atom. The van der Waals surface area contributed by atoms with Crippen molar-refractivity contribution in [2.24, 2.45) is 0 Å². The van der Waals surface area contributed by atoms with Gasteiger partial charge in [-0.25, -0.2) is 0 Å². The first kappa shape index (κ1) is 17.9. The van der Waals surface area contributed by atoms with Gasteiger partial charge >= 0.3 is 0 Å². The number of hydrogen-bond acceptors (Lipinski definition) is 2. The van der Waals surface area contributed by atoms with Crippen LogP contribution < -0.4 is 10.6 Å². The Hall–Kier alpha value is -2.92. The van der Waals surface area contributed by atoms with E-state index < -0.39 is 0 Å². The average Bonchev–Trinajstić information content (AvgIpc) is 2.64. The monoisotopic (exact) mass is 408 g/mol. The van der Waals surface area contributed by atoms with Crippen molar-refractivity contribution >= 4 is 39.1 Å². The molecular formula is C21H17BrN2O2. The summed E-state index contributed by atoms with van der Waals surface area (Å²) in [5, 5.41) is 5.71. The molecule has 2 amide bonds. The molecular weight excluding hydrogens is 392 g/mol. The molecule has 3 aromatic carbocycles. The summed E-state index contributed by atoms with van der Waals surface area (Å²) in [5.41, 5.74) is 3.47. The van der Waals surface area contributed by atoms with E-state index in [1.807, 2.05) is 43.3 Å². The van der Waals surface area contributed by atoms with Gasteiger partial charge in [0.05, 0.1) is 5.56 Å². The predicted octanol–water partition coefficient (Wildman–Crippen LogP) is 5.26. The number of carbonyl (C=O) groups is 2. The molecule has 0 heterocycles. The lowest BCUT2D eigenvalue weighted by Gasteiger charge is -2.10. The lowest BCUT2D eigenvalue weighted by molar-refractivity contribution is 0.101. The lowest BCUT2D eigenvalue weighted by Crippen LogP contribution is -2.14. The molecule has 0 radical (unpaired) electrons. The summed E-state index contributed by atoms with van der Waals surface area (Å²) < 4.78 is 0.728. The zero-order valence-corrected chi connectivity index (χ0v) is 15.7. The summed E-state index contributed by atoms with van der Waals surface area (Å²) in [6, 6.07) is 21.6. The Morgan fingerprint density at radius 1 is 0.769 bits per heavy atom. The van der Waals surface area contributed by atoms with Crippen LogP contribution >= 0.6 is 15.9 Å². The van der Waals surface area contributed by atoms with Crippen molar-refractivity contribution < 1.29 is 9.59 Å². The largest absolute Gasteiger partial charge is 0.322 e. The third-order valence-electron chi connectivity index (χ3n) is 3.92. The highest BCUT2D eigenvalue weighted by Gasteiger charge is 2.11. The second-order valence-electron chi connectivity index (χ2n) is 5.78. The molecule has 2 N–H and O–H groups in total. The van der Waals surface area contributed by atoms with E-state index in [1.165, 1.54) is 0 Å². The van der Waals surface area contributed by atoms with Gasteiger partial charge in [-0.2, -0.15) is 0 Å². The van der Waals surface area contributed by atoms with E-state index >= 15 is 0 Å². The summed E-state index contributed by atoms with van der Waals surface area (Å²) in [5.74, 6) is -0.405. The molecule has 0 aliphatic rings. The Labute approximate surface area is 160 Å². The molecule has 3 aromatic rings. The second kappa shape index (κ2) is 7.97. The molecule has 0 bridgehead atoms. The molecule has 0 aromatic heterocycles. The van der Waals surface area contributed by atoms with Gasteiger partial charge in [-0.3, -0.25) is 9.59 Å². The fourth-order valence-electron chi connectivity index (χ4n) is 2.46. The van der Waals surface area contributed by atoms with Gasteiger partial charge in [-0.1, -0.05) is 30.3 Å². The Bertz CT molecular complexity index is 952. The zero-order chi connectivity index (χ0) is 18.5. The minimum absolute atomic E-state index is 0.192. The summed E-state index contributed by atoms with van der Waals surface area (Å²) in [6.07, 6.45) is 0. The maximum absolute atomic E-state index is 12.4. The van der Waals surface area contributed by atoms with Crippen molar-refractivity contribution in [1.82, 2.24) is 0 Å². The highest BCUT2D eigenvalue weighted by molar-refractivity contribution is 9.10. The van der Waals surface area contributed by atoms with Gasteiger partial charge in [0.15, 0.2) is 0 Å². The van der Waals surface area contributed by atoms with E-state index in [-0.39, 0.29) is 11.8 Å². The summed E-state index contributed by atoms with van der Waals surface area (Å²) >= 11 is 3.36. The number of anilines is 2. The number of benzene rings is 3. The van der Waals surface area contributed by atoms with E-state index in [1.54, 1.807) is 36.4 Å². The maximum atomic E-state index is 12.4. The number of aryl methyl sites for hydroxylation is 1. The smallest absolute Gasteiger partial charge is 0.256 e. The fourth-order valence-corrected chi connectivity index (χ4v) is 2.92. The van der Waals surface area contributed by atoms with Crippen molar-refractivity contribution in [1.29, 1.82) is 0 Å². The molecule has 0 unspecified atom stereocenters. The van der Waals surface area contributed by atoms with Crippen molar-refractivity contribution in [3.8, 4) is 0 Å². The third kappa shape index (κ3) is 4.18. The maximum Gasteiger partial charge on any atom is 0.256 e. The van der Waals surface area contributed by atoms with E-state index in [0.29, 0.717) is 16.8 Å². The summed E-state index contributed by atoms with van der Waals surface area (Å²) in [7, 11) is 0. The summed E-state index contributed by atoms with van der Waals surface area (Å²) in [4.78, 5) is 24.7. The first-order valence-corrected chi connectivity index (χ1v) is 8.87. The number of para-hydroxylation sites is 1. The van der Waals surface area contributed by atoms with Crippen LogP contribution in [-0.2, 0) is 0 Å². The van der Waals surface area contributed by atoms with Crippen LogP contribution in [0, 0.1) is 6.92 Å². The number of rotatable bonds is 4. The molecule has 0 atom stereocenters. The van der Waals surface area contributed by atoms with E-state index in [2.05, 4.69) is 26.6 Å². The molecule has 0 spiro atoms. The standard InChI is InChI=1S/C21H17BrN2O2/c1-14-6-2-5-9-19(14)24-20(25)15-10-12-16(13-11-15)23-21(26)17-7-3-4-8-18(17)22/h2-13H,1H3,(H,23,26)(H,24,25). The Kier molecular flexibility index (Phi) is 5.49. The molecule has 3 rings (SSSR count). The van der Waals surface area contributed by atoms with E-state index in [4.69, 9.17) is 0 Å². The van der Waals surface area contributed by atoms with E-state index in [0.717, 1.165) is 15.7 Å². The van der Waals surface area contributed by atoms with Crippen LogP contribution in [0.4, 0.5) is 11.4 Å². The molecule has 130 valence electrons. The predicted molar refractivity (Wildman–Crippen MR) is 108 cm³/mol. The van der Waals surface area contributed by atoms with Crippen LogP contribution in [0.2, 0.25) is 0 Å². The number of hydrogen-bond donors (Lipinski definition) is 2. The average molecular weight is 409 g/mol. The van der Waals surface area contributed by atoms with Gasteiger partial charge in [-0.15, -0.1) is 0 Å². The number of amides is 2. The van der Waals surface area contributed by atoms with Crippen LogP contribution in [0.3, 0.4) is 0 Å². The molecule has 0 saturated carbocycles. The highest BCUT2D eigenvalue weighted by Crippen LogP contribution is 2.19. The molecule has 0 saturated heterocycles. The SMILES string of the molecule is Cc1ccccc1NC(=O)c1ccc(NC(=O)c2ccccc2Br)cc1. The van der Waals surface area contributed by atoms with Crippen LogP contribution in [-0.4, -0.2) is 11.8 Å². The first-order valence-electron chi connectivity index (χ1n) is 8.07. The van der Waals surface area contributed by atoms with Crippen molar-refractivity contribution in [3.05, 3.63) is 94.0 Å². The van der Waals surface area contributed by atoms with Gasteiger partial charge in [0.2, 0.25) is 0 Å². The first-order chi connectivity index (χ1) is 12.5. The lowest BCUT2D eigenvalue weighted by atomic mass is 10.1. The minimum atomic E-state index is -0.213. The quantitative estimate of drug-likeness (QED) is 0.618. The Balaban J connectivity index is 1.68. The van der Waals surface area contributed by atoms with Crippen molar-refractivity contribution in [2.75, 3.05) is 10.6 Å². The van der Waals surface area contributed by atoms with Crippen LogP contribution in [0.1, 0.15) is 26.3 Å². The van der Waals surface area contributed by atoms with Crippen LogP contribution in [0.25, 0.3) is 0 Å². The minimum Gasteiger partial charge on any atom is -0.322 e. The van der Waals surface area contributed by atoms with Gasteiger partial charge in [0, 0.05) is 21.4 Å². The second-order valence-corrected chi connectivity index (χ2v) is 6.63. The molecule has 26 heavy (non-hydrogen) atoms. The fraction of sp³-hybridized carbons (Fsp3) is 0.0476. The van der Waals surface area contributed by atoms with E-state index in [9.17, 15) is 9.59 Å². The highest BCUT2D eigenvalue weighted by atomic mass is 79.9. The number of carbonyl (C=O) groups excluding carboxylic acids is 2. The number of nitrogens with one attached hydrogen (secondary N) is 2. The molecule has 4 nitrogen and oxygen atoms in total. The Morgan fingerprint density at radius 2 is 1.42 bits per heavy atom. The normalized spacial score (nSPS) is 10.2. The van der Waals surface area contributed by atoms with Gasteiger partial charge in [0.1, 0.15) is 0 Å². The zero-order valence-electron chi connectivity index (χ0n) is 14.1. The summed E-state index contributed by atoms with van der Waals surface area (Å²) in [6.45, 7) is 1.94. The number of halogens is 1. The van der Waals surface area contributed by atoms with Gasteiger partial charge < -0.3 is 10.6 Å². The van der Waals surface area contributed by atoms with Crippen LogP contribution in [0.15, 0.2) is 77.3 Å². The van der Waals surface area contributed by atoms with Gasteiger partial charge in [-0.05, 0) is 70.9 Å². The molecule has 5 heteroatoms.